The predicted molar refractivity (Wildman–Crippen MR) is 99.3 cm³/mol. The van der Waals surface area contributed by atoms with Gasteiger partial charge in [-0.3, -0.25) is 4.79 Å². The maximum absolute atomic E-state index is 13.3. The lowest BCUT2D eigenvalue weighted by Crippen LogP contribution is -2.57. The molecule has 3 saturated heterocycles. The van der Waals surface area contributed by atoms with Gasteiger partial charge in [0.1, 0.15) is 5.82 Å². The molecule has 142 valence electrons. The molecule has 1 aromatic carbocycles. The van der Waals surface area contributed by atoms with E-state index in [1.54, 1.807) is 0 Å². The molecule has 2 aromatic rings. The Balaban J connectivity index is 1.44. The van der Waals surface area contributed by atoms with E-state index < -0.39 is 11.6 Å². The van der Waals surface area contributed by atoms with Gasteiger partial charge in [-0.1, -0.05) is 11.6 Å². The van der Waals surface area contributed by atoms with Crippen LogP contribution in [0.4, 0.5) is 20.3 Å². The number of amides is 1. The van der Waals surface area contributed by atoms with E-state index in [9.17, 15) is 13.6 Å². The molecule has 5 rings (SSSR count). The summed E-state index contributed by atoms with van der Waals surface area (Å²) >= 11 is 6.22. The number of nitrogens with one attached hydrogen (secondary N) is 2. The summed E-state index contributed by atoms with van der Waals surface area (Å²) in [7, 11) is 0. The minimum atomic E-state index is -0.968. The number of benzene rings is 1. The minimum Gasteiger partial charge on any atom is -0.348 e. The Morgan fingerprint density at radius 1 is 1.19 bits per heavy atom. The molecule has 0 aliphatic carbocycles. The van der Waals surface area contributed by atoms with Crippen molar-refractivity contribution in [2.45, 2.75) is 18.9 Å². The van der Waals surface area contributed by atoms with E-state index in [-0.39, 0.29) is 22.8 Å². The molecule has 1 amide bonds. The van der Waals surface area contributed by atoms with Crippen LogP contribution in [0.3, 0.4) is 0 Å². The van der Waals surface area contributed by atoms with Crippen LogP contribution < -0.4 is 10.6 Å². The normalized spacial score (nSPS) is 23.9. The average Bonchev–Trinajstić information content (AvgIpc) is 2.67. The molecule has 3 aliphatic heterocycles. The van der Waals surface area contributed by atoms with Crippen molar-refractivity contribution >= 4 is 29.0 Å². The first kappa shape index (κ1) is 18.1. The Kier molecular flexibility index (Phi) is 4.97. The summed E-state index contributed by atoms with van der Waals surface area (Å²) in [6.07, 6.45) is 3.65. The van der Waals surface area contributed by atoms with Gasteiger partial charge in [0, 0.05) is 30.5 Å². The molecule has 27 heavy (non-hydrogen) atoms. The van der Waals surface area contributed by atoms with Crippen LogP contribution in [-0.4, -0.2) is 41.5 Å². The lowest BCUT2D eigenvalue weighted by Gasteiger charge is -2.44. The quantitative estimate of drug-likeness (QED) is 0.835. The largest absolute Gasteiger partial charge is 0.348 e. The van der Waals surface area contributed by atoms with Crippen LogP contribution in [0.2, 0.25) is 5.02 Å². The van der Waals surface area contributed by atoms with E-state index in [4.69, 9.17) is 11.6 Å². The molecule has 1 unspecified atom stereocenters. The second kappa shape index (κ2) is 7.40. The molecular weight excluding hydrogens is 374 g/mol. The van der Waals surface area contributed by atoms with Crippen molar-refractivity contribution in [3.63, 3.8) is 0 Å². The van der Waals surface area contributed by atoms with Crippen molar-refractivity contribution in [2.24, 2.45) is 5.92 Å². The number of fused-ring (bicyclic) bond motifs is 3. The van der Waals surface area contributed by atoms with E-state index >= 15 is 0 Å². The average molecular weight is 393 g/mol. The van der Waals surface area contributed by atoms with Crippen LogP contribution in [0, 0.1) is 17.6 Å². The van der Waals surface area contributed by atoms with E-state index in [0.717, 1.165) is 44.6 Å². The fourth-order valence-corrected chi connectivity index (χ4v) is 3.96. The third-order valence-electron chi connectivity index (χ3n) is 5.26. The Morgan fingerprint density at radius 2 is 1.96 bits per heavy atom. The highest BCUT2D eigenvalue weighted by atomic mass is 35.5. The van der Waals surface area contributed by atoms with E-state index in [1.165, 1.54) is 18.3 Å². The van der Waals surface area contributed by atoms with Gasteiger partial charge in [-0.25, -0.2) is 13.8 Å². The zero-order valence-corrected chi connectivity index (χ0v) is 15.3. The lowest BCUT2D eigenvalue weighted by molar-refractivity contribution is 0.0620. The fraction of sp³-hybridized carbons (Fsp3) is 0.368. The Hall–Kier alpha value is -2.25. The summed E-state index contributed by atoms with van der Waals surface area (Å²) in [5.41, 5.74) is 0.681. The smallest absolute Gasteiger partial charge is 0.253 e. The standard InChI is InChI=1S/C19H19ClF2N4O/c20-14-7-12(19(27)25-17-10-26-5-3-11(17)4-6-26)9-23-18(14)24-13-1-2-15(21)16(22)8-13/h1-2,7-9,11,17H,3-6,10H2,(H,23,24)(H,25,27). The number of piperidine rings is 3. The SMILES string of the molecule is O=C(NC1CN2CCC1CC2)c1cnc(Nc2ccc(F)c(F)c2)c(Cl)c1. The molecule has 8 heteroatoms. The molecule has 3 aliphatic rings. The lowest BCUT2D eigenvalue weighted by atomic mass is 9.84. The summed E-state index contributed by atoms with van der Waals surface area (Å²) in [6, 6.07) is 5.08. The second-order valence-electron chi connectivity index (χ2n) is 7.03. The molecule has 1 aromatic heterocycles. The fourth-order valence-electron chi connectivity index (χ4n) is 3.75. The monoisotopic (exact) mass is 392 g/mol. The van der Waals surface area contributed by atoms with Crippen molar-refractivity contribution in [2.75, 3.05) is 25.0 Å². The van der Waals surface area contributed by atoms with Gasteiger partial charge in [0.2, 0.25) is 0 Å². The van der Waals surface area contributed by atoms with Crippen molar-refractivity contribution in [1.82, 2.24) is 15.2 Å². The number of halogens is 3. The molecular formula is C19H19ClF2N4O. The first-order valence-corrected chi connectivity index (χ1v) is 9.28. The summed E-state index contributed by atoms with van der Waals surface area (Å²) in [5, 5.41) is 6.13. The summed E-state index contributed by atoms with van der Waals surface area (Å²) in [4.78, 5) is 19.1. The topological polar surface area (TPSA) is 57.3 Å². The van der Waals surface area contributed by atoms with Gasteiger partial charge in [0.25, 0.3) is 5.91 Å². The number of carbonyl (C=O) groups excluding carboxylic acids is 1. The van der Waals surface area contributed by atoms with E-state index in [0.29, 0.717) is 17.2 Å². The van der Waals surface area contributed by atoms with Gasteiger partial charge < -0.3 is 15.5 Å². The summed E-state index contributed by atoms with van der Waals surface area (Å²) in [5.74, 6) is -1.31. The third-order valence-corrected chi connectivity index (χ3v) is 5.55. The van der Waals surface area contributed by atoms with E-state index in [1.807, 2.05) is 0 Å². The van der Waals surface area contributed by atoms with Crippen molar-refractivity contribution in [1.29, 1.82) is 0 Å². The number of hydrogen-bond donors (Lipinski definition) is 2. The van der Waals surface area contributed by atoms with E-state index in [2.05, 4.69) is 20.5 Å². The van der Waals surface area contributed by atoms with Crippen LogP contribution in [-0.2, 0) is 0 Å². The van der Waals surface area contributed by atoms with Crippen LogP contribution >= 0.6 is 11.6 Å². The third kappa shape index (κ3) is 3.89. The van der Waals surface area contributed by atoms with Gasteiger partial charge in [-0.05, 0) is 50.0 Å². The Morgan fingerprint density at radius 3 is 2.59 bits per heavy atom. The van der Waals surface area contributed by atoms with Crippen molar-refractivity contribution < 1.29 is 13.6 Å². The highest BCUT2D eigenvalue weighted by molar-refractivity contribution is 6.33. The predicted octanol–water partition coefficient (Wildman–Crippen LogP) is 3.58. The number of rotatable bonds is 4. The molecule has 1 atom stereocenters. The number of aromatic nitrogens is 1. The maximum atomic E-state index is 13.3. The van der Waals surface area contributed by atoms with Crippen LogP contribution in [0.1, 0.15) is 23.2 Å². The zero-order valence-electron chi connectivity index (χ0n) is 14.5. The molecule has 0 saturated carbocycles. The van der Waals surface area contributed by atoms with Gasteiger partial charge in [0.05, 0.1) is 10.6 Å². The summed E-state index contributed by atoms with van der Waals surface area (Å²) < 4.78 is 26.3. The van der Waals surface area contributed by atoms with Gasteiger partial charge in [0.15, 0.2) is 11.6 Å². The number of pyridine rings is 1. The Bertz CT molecular complexity index is 871. The van der Waals surface area contributed by atoms with Crippen LogP contribution in [0.15, 0.2) is 30.5 Å². The molecule has 3 fully saturated rings. The maximum Gasteiger partial charge on any atom is 0.253 e. The first-order valence-electron chi connectivity index (χ1n) is 8.90. The van der Waals surface area contributed by atoms with Gasteiger partial charge >= 0.3 is 0 Å². The molecule has 5 nitrogen and oxygen atoms in total. The number of hydrogen-bond acceptors (Lipinski definition) is 4. The van der Waals surface area contributed by atoms with Gasteiger partial charge in [-0.15, -0.1) is 0 Å². The Labute approximate surface area is 160 Å². The molecule has 0 spiro atoms. The summed E-state index contributed by atoms with van der Waals surface area (Å²) in [6.45, 7) is 3.09. The van der Waals surface area contributed by atoms with Crippen LogP contribution in [0.25, 0.3) is 0 Å². The van der Waals surface area contributed by atoms with Crippen molar-refractivity contribution in [3.8, 4) is 0 Å². The molecule has 2 N–H and O–H groups in total. The highest BCUT2D eigenvalue weighted by Crippen LogP contribution is 2.28. The minimum absolute atomic E-state index is 0.152. The molecule has 0 radical (unpaired) electrons. The van der Waals surface area contributed by atoms with Crippen molar-refractivity contribution in [3.05, 3.63) is 52.7 Å². The zero-order chi connectivity index (χ0) is 19.0. The highest BCUT2D eigenvalue weighted by Gasteiger charge is 2.35. The van der Waals surface area contributed by atoms with Crippen LogP contribution in [0.5, 0.6) is 0 Å². The first-order chi connectivity index (χ1) is 13.0. The number of nitrogens with zero attached hydrogens (tertiary/aromatic N) is 2. The number of carbonyl (C=O) groups is 1. The molecule has 2 bridgehead atoms. The second-order valence-corrected chi connectivity index (χ2v) is 7.43. The van der Waals surface area contributed by atoms with Gasteiger partial charge in [-0.2, -0.15) is 0 Å². The number of anilines is 2. The molecule has 4 heterocycles.